The first-order valence-electron chi connectivity index (χ1n) is 6.99. The molecule has 1 aromatic carbocycles. The Bertz CT molecular complexity index is 430. The van der Waals surface area contributed by atoms with Crippen LogP contribution < -0.4 is 0 Å². The van der Waals surface area contributed by atoms with Crippen molar-refractivity contribution in [2.24, 2.45) is 5.92 Å². The summed E-state index contributed by atoms with van der Waals surface area (Å²) in [4.78, 5) is 10.4. The molecule has 0 N–H and O–H groups in total. The molecule has 3 rings (SSSR count). The Labute approximate surface area is 113 Å². The van der Waals surface area contributed by atoms with Gasteiger partial charge < -0.3 is 9.47 Å². The maximum atomic E-state index is 5.90. The zero-order valence-corrected chi connectivity index (χ0v) is 11.4. The zero-order chi connectivity index (χ0) is 13.2. The minimum absolute atomic E-state index is 0.102. The van der Waals surface area contributed by atoms with E-state index in [1.807, 2.05) is 6.07 Å². The van der Waals surface area contributed by atoms with Gasteiger partial charge in [0.15, 0.2) is 13.1 Å². The van der Waals surface area contributed by atoms with Gasteiger partial charge in [0.25, 0.3) is 0 Å². The van der Waals surface area contributed by atoms with Gasteiger partial charge in [-0.25, -0.2) is 9.78 Å². The van der Waals surface area contributed by atoms with Crippen molar-refractivity contribution in [3.63, 3.8) is 0 Å². The maximum absolute atomic E-state index is 5.90. The predicted octanol–water partition coefficient (Wildman–Crippen LogP) is 3.50. The lowest BCUT2D eigenvalue weighted by Crippen LogP contribution is -2.35. The zero-order valence-electron chi connectivity index (χ0n) is 11.4. The monoisotopic (exact) mass is 264 g/mol. The molecule has 19 heavy (non-hydrogen) atoms. The van der Waals surface area contributed by atoms with E-state index in [2.05, 4.69) is 32.0 Å². The normalized spacial score (nSPS) is 29.9. The molecule has 2 heterocycles. The molecule has 0 aliphatic carbocycles. The second-order valence-electron chi connectivity index (χ2n) is 5.07. The van der Waals surface area contributed by atoms with Crippen LogP contribution in [0.25, 0.3) is 0 Å². The summed E-state index contributed by atoms with van der Waals surface area (Å²) in [6.45, 7) is 4.51. The second-order valence-corrected chi connectivity index (χ2v) is 5.07. The molecule has 1 aromatic rings. The van der Waals surface area contributed by atoms with Crippen LogP contribution in [0.5, 0.6) is 0 Å². The molecule has 4 nitrogen and oxygen atoms in total. The highest BCUT2D eigenvalue weighted by Gasteiger charge is 2.42. The Morgan fingerprint density at radius 1 is 1.16 bits per heavy atom. The standard InChI is InChI=1S/C15H20O4/c1-3-10(4-2)13-11-7-5-6-8-12(11)14-16-9-17-19-15(13)18-14/h5-8,10,13-15H,3-4,9H2,1-2H3/t13-,14+,15+/m0/s1. The quantitative estimate of drug-likeness (QED) is 0.783. The average Bonchev–Trinajstić information content (AvgIpc) is 2.67. The van der Waals surface area contributed by atoms with E-state index in [1.165, 1.54) is 5.56 Å². The first-order chi connectivity index (χ1) is 9.35. The van der Waals surface area contributed by atoms with Crippen LogP contribution in [0.3, 0.4) is 0 Å². The van der Waals surface area contributed by atoms with Gasteiger partial charge in [-0.2, -0.15) is 0 Å². The Morgan fingerprint density at radius 2 is 1.89 bits per heavy atom. The minimum Gasteiger partial charge on any atom is -0.319 e. The van der Waals surface area contributed by atoms with Crippen molar-refractivity contribution in [1.29, 1.82) is 0 Å². The van der Waals surface area contributed by atoms with Crippen molar-refractivity contribution in [3.8, 4) is 0 Å². The van der Waals surface area contributed by atoms with Crippen LogP contribution >= 0.6 is 0 Å². The molecular formula is C15H20O4. The third-order valence-electron chi connectivity index (χ3n) is 4.15. The van der Waals surface area contributed by atoms with Gasteiger partial charge in [0.1, 0.15) is 0 Å². The summed E-state index contributed by atoms with van der Waals surface area (Å²) in [7, 11) is 0. The Kier molecular flexibility index (Phi) is 3.84. The minimum atomic E-state index is -0.382. The van der Waals surface area contributed by atoms with Crippen molar-refractivity contribution in [3.05, 3.63) is 35.4 Å². The first-order valence-corrected chi connectivity index (χ1v) is 6.99. The Morgan fingerprint density at radius 3 is 2.63 bits per heavy atom. The van der Waals surface area contributed by atoms with Crippen molar-refractivity contribution in [1.82, 2.24) is 0 Å². The van der Waals surface area contributed by atoms with Crippen LogP contribution in [0.4, 0.5) is 0 Å². The molecule has 1 saturated heterocycles. The van der Waals surface area contributed by atoms with Crippen molar-refractivity contribution in [2.45, 2.75) is 45.2 Å². The number of ether oxygens (including phenoxy) is 2. The van der Waals surface area contributed by atoms with E-state index in [0.717, 1.165) is 18.4 Å². The summed E-state index contributed by atoms with van der Waals surface area (Å²) >= 11 is 0. The van der Waals surface area contributed by atoms with Gasteiger partial charge in [-0.05, 0) is 11.5 Å². The van der Waals surface area contributed by atoms with E-state index >= 15 is 0 Å². The van der Waals surface area contributed by atoms with Gasteiger partial charge in [-0.1, -0.05) is 51.0 Å². The Hall–Kier alpha value is -0.940. The van der Waals surface area contributed by atoms with E-state index in [-0.39, 0.29) is 25.3 Å². The lowest BCUT2D eigenvalue weighted by Gasteiger charge is -2.38. The van der Waals surface area contributed by atoms with Gasteiger partial charge in [0, 0.05) is 11.5 Å². The fraction of sp³-hybridized carbons (Fsp3) is 0.600. The van der Waals surface area contributed by atoms with E-state index in [9.17, 15) is 0 Å². The molecule has 0 aromatic heterocycles. The van der Waals surface area contributed by atoms with Crippen LogP contribution in [0.2, 0.25) is 0 Å². The second kappa shape index (κ2) is 5.59. The van der Waals surface area contributed by atoms with Gasteiger partial charge in [-0.15, -0.1) is 0 Å². The van der Waals surface area contributed by atoms with Crippen LogP contribution in [-0.2, 0) is 19.2 Å². The van der Waals surface area contributed by atoms with Crippen LogP contribution in [0.15, 0.2) is 24.3 Å². The molecule has 3 atom stereocenters. The largest absolute Gasteiger partial charge is 0.319 e. The van der Waals surface area contributed by atoms with E-state index in [4.69, 9.17) is 19.2 Å². The fourth-order valence-electron chi connectivity index (χ4n) is 3.12. The molecule has 0 spiro atoms. The summed E-state index contributed by atoms with van der Waals surface area (Å²) in [5, 5.41) is 0. The number of hydrogen-bond donors (Lipinski definition) is 0. The number of benzene rings is 1. The SMILES string of the molecule is CCC(CC)[C@H]1c2ccccc2[C@@H]2OCOO[C@H]1O2. The molecule has 1 fully saturated rings. The molecule has 0 amide bonds. The van der Waals surface area contributed by atoms with E-state index < -0.39 is 0 Å². The van der Waals surface area contributed by atoms with Crippen molar-refractivity contribution >= 4 is 0 Å². The average molecular weight is 264 g/mol. The number of fused-ring (bicyclic) bond motifs is 4. The lowest BCUT2D eigenvalue weighted by molar-refractivity contribution is -0.379. The molecule has 0 unspecified atom stereocenters. The summed E-state index contributed by atoms with van der Waals surface area (Å²) in [5.74, 6) is 0.706. The predicted molar refractivity (Wildman–Crippen MR) is 69.0 cm³/mol. The fourth-order valence-corrected chi connectivity index (χ4v) is 3.12. The highest BCUT2D eigenvalue weighted by Crippen LogP contribution is 2.45. The number of hydrogen-bond acceptors (Lipinski definition) is 4. The van der Waals surface area contributed by atoms with Crippen LogP contribution in [-0.4, -0.2) is 13.1 Å². The summed E-state index contributed by atoms with van der Waals surface area (Å²) in [6.07, 6.45) is 1.41. The van der Waals surface area contributed by atoms with Gasteiger partial charge >= 0.3 is 0 Å². The third kappa shape index (κ3) is 2.30. The third-order valence-corrected chi connectivity index (χ3v) is 4.15. The first kappa shape index (κ1) is 13.1. The van der Waals surface area contributed by atoms with Crippen molar-refractivity contribution < 1.29 is 19.2 Å². The van der Waals surface area contributed by atoms with E-state index in [0.29, 0.717) is 5.92 Å². The molecule has 2 aliphatic rings. The van der Waals surface area contributed by atoms with E-state index in [1.54, 1.807) is 0 Å². The molecule has 2 bridgehead atoms. The molecule has 0 radical (unpaired) electrons. The highest BCUT2D eigenvalue weighted by atomic mass is 17.3. The lowest BCUT2D eigenvalue weighted by atomic mass is 9.79. The maximum Gasteiger partial charge on any atom is 0.201 e. The summed E-state index contributed by atoms with van der Waals surface area (Å²) in [6, 6.07) is 8.30. The van der Waals surface area contributed by atoms with Gasteiger partial charge in [0.2, 0.25) is 6.29 Å². The molecule has 0 saturated carbocycles. The Balaban J connectivity index is 2.04. The summed E-state index contributed by atoms with van der Waals surface area (Å²) < 4.78 is 11.4. The van der Waals surface area contributed by atoms with Crippen molar-refractivity contribution in [2.75, 3.05) is 6.79 Å². The molecule has 104 valence electrons. The molecule has 4 heteroatoms. The van der Waals surface area contributed by atoms with Crippen LogP contribution in [0.1, 0.15) is 50.0 Å². The highest BCUT2D eigenvalue weighted by molar-refractivity contribution is 5.34. The van der Waals surface area contributed by atoms with Crippen LogP contribution in [0, 0.1) is 5.92 Å². The molecule has 2 aliphatic heterocycles. The smallest absolute Gasteiger partial charge is 0.201 e. The number of rotatable bonds is 3. The topological polar surface area (TPSA) is 36.9 Å². The van der Waals surface area contributed by atoms with Gasteiger partial charge in [-0.3, -0.25) is 0 Å². The summed E-state index contributed by atoms with van der Waals surface area (Å²) in [5.41, 5.74) is 2.37. The molecular weight excluding hydrogens is 244 g/mol. The van der Waals surface area contributed by atoms with Gasteiger partial charge in [0.05, 0.1) is 0 Å².